The summed E-state index contributed by atoms with van der Waals surface area (Å²) in [6.07, 6.45) is 2.83. The molecule has 1 aromatic carbocycles. The van der Waals surface area contributed by atoms with Crippen molar-refractivity contribution in [3.8, 4) is 5.69 Å². The van der Waals surface area contributed by atoms with Crippen LogP contribution in [0.15, 0.2) is 59.7 Å². The summed E-state index contributed by atoms with van der Waals surface area (Å²) in [7, 11) is 1.79. The van der Waals surface area contributed by atoms with Crippen LogP contribution < -0.4 is 16.3 Å². The van der Waals surface area contributed by atoms with Gasteiger partial charge in [-0.15, -0.1) is 0 Å². The van der Waals surface area contributed by atoms with Crippen molar-refractivity contribution in [2.75, 3.05) is 12.4 Å². The van der Waals surface area contributed by atoms with Gasteiger partial charge in [-0.05, 0) is 61.9 Å². The van der Waals surface area contributed by atoms with E-state index in [0.717, 1.165) is 30.1 Å². The molecule has 3 aromatic heterocycles. The number of imidazole rings is 1. The van der Waals surface area contributed by atoms with Gasteiger partial charge in [0.25, 0.3) is 12.3 Å². The predicted octanol–water partition coefficient (Wildman–Crippen LogP) is 5.20. The Labute approximate surface area is 222 Å². The molecule has 2 N–H and O–H groups in total. The average Bonchev–Trinajstić information content (AvgIpc) is 3.20. The minimum Gasteiger partial charge on any atom is -0.373 e. The summed E-state index contributed by atoms with van der Waals surface area (Å²) in [4.78, 5) is 34.3. The number of benzene rings is 1. The van der Waals surface area contributed by atoms with Crippen LogP contribution in [0.4, 0.5) is 14.6 Å². The number of nitrogens with one attached hydrogen (secondary N) is 2. The van der Waals surface area contributed by atoms with Crippen molar-refractivity contribution < 1.29 is 13.6 Å². The number of nitrogens with zero attached hydrogens (tertiary/aromatic N) is 4. The number of pyridine rings is 2. The van der Waals surface area contributed by atoms with Gasteiger partial charge >= 0.3 is 5.69 Å². The Kier molecular flexibility index (Phi) is 7.42. The van der Waals surface area contributed by atoms with Crippen molar-refractivity contribution in [1.29, 1.82) is 0 Å². The fraction of sp³-hybridized carbons (Fsp3) is 0.333. The smallest absolute Gasteiger partial charge is 0.333 e. The zero-order chi connectivity index (χ0) is 26.8. The van der Waals surface area contributed by atoms with Crippen molar-refractivity contribution >= 4 is 34.4 Å². The fourth-order valence-electron chi connectivity index (χ4n) is 5.12. The number of anilines is 1. The number of carbonyl (C=O) groups is 1. The number of para-hydroxylation sites is 2. The summed E-state index contributed by atoms with van der Waals surface area (Å²) in [5.74, 6) is 0.344. The Morgan fingerprint density at radius 1 is 1.08 bits per heavy atom. The van der Waals surface area contributed by atoms with Crippen LogP contribution >= 0.6 is 11.6 Å². The highest BCUT2D eigenvalue weighted by molar-refractivity contribution is 6.30. The summed E-state index contributed by atoms with van der Waals surface area (Å²) < 4.78 is 30.1. The molecular formula is C27H27ClF2N6O2. The van der Waals surface area contributed by atoms with E-state index in [9.17, 15) is 18.4 Å². The van der Waals surface area contributed by atoms with Gasteiger partial charge in [0.2, 0.25) is 0 Å². The molecule has 11 heteroatoms. The van der Waals surface area contributed by atoms with E-state index in [4.69, 9.17) is 11.6 Å². The molecule has 0 saturated heterocycles. The maximum absolute atomic E-state index is 13.5. The molecule has 8 nitrogen and oxygen atoms in total. The third-order valence-electron chi connectivity index (χ3n) is 7.06. The molecule has 0 aliphatic heterocycles. The van der Waals surface area contributed by atoms with Gasteiger partial charge in [-0.1, -0.05) is 23.7 Å². The minimum atomic E-state index is -2.87. The zero-order valence-electron chi connectivity index (χ0n) is 20.7. The van der Waals surface area contributed by atoms with Crippen molar-refractivity contribution in [2.24, 2.45) is 5.92 Å². The maximum atomic E-state index is 13.5. The summed E-state index contributed by atoms with van der Waals surface area (Å²) in [5, 5.41) is 5.97. The van der Waals surface area contributed by atoms with E-state index in [0.29, 0.717) is 30.9 Å². The second kappa shape index (κ2) is 10.9. The molecule has 1 aliphatic carbocycles. The van der Waals surface area contributed by atoms with Gasteiger partial charge in [-0.3, -0.25) is 18.9 Å². The standard InChI is InChI=1S/C27H27ClF2N6O2/c1-31-23-11-10-19(14-32-23)36-22-5-3-2-4-21(22)35(27(36)38)15-16-6-8-18(9-7-16)34-26(37)20-12-17(28)13-33-24(20)25(29)30/h2-5,10-14,16,18,25H,6-9,15H2,1H3,(H,31,32)(H,34,37)/t16-,18-. The van der Waals surface area contributed by atoms with Gasteiger partial charge in [0.15, 0.2) is 0 Å². The lowest BCUT2D eigenvalue weighted by atomic mass is 9.85. The van der Waals surface area contributed by atoms with Gasteiger partial charge < -0.3 is 10.6 Å². The second-order valence-electron chi connectivity index (χ2n) is 9.45. The van der Waals surface area contributed by atoms with Gasteiger partial charge in [0.05, 0.1) is 33.5 Å². The van der Waals surface area contributed by atoms with Crippen LogP contribution in [-0.4, -0.2) is 38.1 Å². The average molecular weight is 541 g/mol. The first-order valence-electron chi connectivity index (χ1n) is 12.4. The predicted molar refractivity (Wildman–Crippen MR) is 142 cm³/mol. The van der Waals surface area contributed by atoms with Crippen molar-refractivity contribution in [1.82, 2.24) is 24.4 Å². The summed E-state index contributed by atoms with van der Waals surface area (Å²) in [6, 6.07) is 12.4. The number of hydrogen-bond donors (Lipinski definition) is 2. The Morgan fingerprint density at radius 2 is 1.82 bits per heavy atom. The topological polar surface area (TPSA) is 93.8 Å². The second-order valence-corrected chi connectivity index (χ2v) is 9.88. The number of amides is 1. The van der Waals surface area contributed by atoms with E-state index < -0.39 is 18.0 Å². The van der Waals surface area contributed by atoms with Crippen molar-refractivity contribution in [3.63, 3.8) is 0 Å². The molecule has 1 aliphatic rings. The number of carbonyl (C=O) groups excluding carboxylic acids is 1. The quantitative estimate of drug-likeness (QED) is 0.336. The summed E-state index contributed by atoms with van der Waals surface area (Å²) >= 11 is 5.89. The normalized spacial score (nSPS) is 17.6. The van der Waals surface area contributed by atoms with E-state index in [1.807, 2.05) is 36.4 Å². The van der Waals surface area contributed by atoms with E-state index in [1.54, 1.807) is 22.4 Å². The first-order valence-corrected chi connectivity index (χ1v) is 12.8. The Balaban J connectivity index is 1.30. The first-order chi connectivity index (χ1) is 18.4. The molecule has 1 amide bonds. The highest BCUT2D eigenvalue weighted by Crippen LogP contribution is 2.29. The lowest BCUT2D eigenvalue weighted by Crippen LogP contribution is -2.39. The molecule has 0 atom stereocenters. The number of rotatable bonds is 7. The molecule has 5 rings (SSSR count). The summed E-state index contributed by atoms with van der Waals surface area (Å²) in [5.41, 5.74) is 1.43. The molecule has 1 saturated carbocycles. The first kappa shape index (κ1) is 25.8. The van der Waals surface area contributed by atoms with Crippen LogP contribution in [0.25, 0.3) is 16.7 Å². The van der Waals surface area contributed by atoms with Gasteiger partial charge in [-0.2, -0.15) is 0 Å². The van der Waals surface area contributed by atoms with Crippen LogP contribution in [-0.2, 0) is 6.54 Å². The molecular weight excluding hydrogens is 514 g/mol. The van der Waals surface area contributed by atoms with Crippen LogP contribution in [0, 0.1) is 5.92 Å². The molecule has 0 unspecified atom stereocenters. The number of alkyl halides is 2. The number of fused-ring (bicyclic) bond motifs is 1. The third kappa shape index (κ3) is 5.13. The molecule has 0 radical (unpaired) electrons. The van der Waals surface area contributed by atoms with Crippen LogP contribution in [0.5, 0.6) is 0 Å². The summed E-state index contributed by atoms with van der Waals surface area (Å²) in [6.45, 7) is 0.544. The molecule has 1 fully saturated rings. The number of aromatic nitrogens is 4. The van der Waals surface area contributed by atoms with E-state index >= 15 is 0 Å². The Morgan fingerprint density at radius 3 is 2.47 bits per heavy atom. The Bertz CT molecular complexity index is 1510. The number of halogens is 3. The fourth-order valence-corrected chi connectivity index (χ4v) is 5.27. The molecule has 0 spiro atoms. The third-order valence-corrected chi connectivity index (χ3v) is 7.26. The lowest BCUT2D eigenvalue weighted by Gasteiger charge is -2.29. The van der Waals surface area contributed by atoms with Crippen LogP contribution in [0.2, 0.25) is 5.02 Å². The molecule has 4 aromatic rings. The Hall–Kier alpha value is -3.79. The van der Waals surface area contributed by atoms with E-state index in [2.05, 4.69) is 20.6 Å². The van der Waals surface area contributed by atoms with Crippen molar-refractivity contribution in [3.05, 3.63) is 81.6 Å². The van der Waals surface area contributed by atoms with E-state index in [1.165, 1.54) is 6.07 Å². The monoisotopic (exact) mass is 540 g/mol. The molecule has 38 heavy (non-hydrogen) atoms. The molecule has 3 heterocycles. The van der Waals surface area contributed by atoms with Gasteiger partial charge in [-0.25, -0.2) is 18.6 Å². The van der Waals surface area contributed by atoms with Gasteiger partial charge in [0, 0.05) is 25.8 Å². The minimum absolute atomic E-state index is 0.126. The van der Waals surface area contributed by atoms with Crippen LogP contribution in [0.1, 0.15) is 48.2 Å². The zero-order valence-corrected chi connectivity index (χ0v) is 21.5. The van der Waals surface area contributed by atoms with E-state index in [-0.39, 0.29) is 28.2 Å². The SMILES string of the molecule is CNc1ccc(-n2c(=O)n(C[C@H]3CC[C@H](NC(=O)c4cc(Cl)cnc4C(F)F)CC3)c3ccccc32)cn1. The highest BCUT2D eigenvalue weighted by atomic mass is 35.5. The lowest BCUT2D eigenvalue weighted by molar-refractivity contribution is 0.0904. The maximum Gasteiger partial charge on any atom is 0.333 e. The highest BCUT2D eigenvalue weighted by Gasteiger charge is 2.27. The van der Waals surface area contributed by atoms with Crippen molar-refractivity contribution in [2.45, 2.75) is 44.7 Å². The number of hydrogen-bond acceptors (Lipinski definition) is 5. The largest absolute Gasteiger partial charge is 0.373 e. The molecule has 198 valence electrons. The van der Waals surface area contributed by atoms with Crippen LogP contribution in [0.3, 0.4) is 0 Å². The van der Waals surface area contributed by atoms with Gasteiger partial charge in [0.1, 0.15) is 11.5 Å². The molecule has 0 bridgehead atoms.